The Kier molecular flexibility index (Phi) is 11.1. The minimum Gasteiger partial charge on any atom is -0.453 e. The van der Waals surface area contributed by atoms with Gasteiger partial charge in [-0.25, -0.2) is 24.5 Å². The standard InChI is InChI=1S/C46H50N10O6/c1-5-25(2)40(54-46(60)62-4)44(58)56-17-6-7-37(56)43-49-23-36(52-43)29-13-14-31-33(19-29)47-21-34(50-31)26-8-10-27(11-9-26)35-22-48-42(51-35)30-20-38(57)39-32(53-45(59)61-3)15-12-28-16-18-55(24-30)41(28)39/h8-11,13-14,16,18-19,21-23,25,30,32,37,39-40H,5-7,12,15,17,20,24H2,1-4H3,(H,48,51)(H,49,52)(H,53,59)(H,54,60)/t25-,30-,32-,37-,39?,40-/m0/s1. The number of aryl methyl sites for hydroxylation is 1. The number of hydrogen-bond acceptors (Lipinski definition) is 10. The molecule has 1 aliphatic carbocycles. The van der Waals surface area contributed by atoms with Gasteiger partial charge in [-0.2, -0.15) is 0 Å². The minimum absolute atomic E-state index is 0.0674. The zero-order chi connectivity index (χ0) is 43.1. The van der Waals surface area contributed by atoms with Crippen LogP contribution in [0.1, 0.15) is 86.7 Å². The summed E-state index contributed by atoms with van der Waals surface area (Å²) in [5, 5.41) is 5.65. The molecule has 16 heteroatoms. The molecule has 9 rings (SSSR count). The van der Waals surface area contributed by atoms with Gasteiger partial charge in [-0.1, -0.05) is 50.6 Å². The number of hydrogen-bond donors (Lipinski definition) is 4. The molecule has 6 aromatic rings. The van der Waals surface area contributed by atoms with Crippen molar-refractivity contribution >= 4 is 34.9 Å². The first-order valence-corrected chi connectivity index (χ1v) is 21.3. The number of aromatic amines is 2. The van der Waals surface area contributed by atoms with E-state index in [4.69, 9.17) is 29.4 Å². The average Bonchev–Trinajstić information content (AvgIpc) is 4.14. The molecule has 62 heavy (non-hydrogen) atoms. The Morgan fingerprint density at radius 1 is 0.871 bits per heavy atom. The number of benzene rings is 2. The quantitative estimate of drug-likeness (QED) is 0.113. The number of fused-ring (bicyclic) bond motifs is 1. The van der Waals surface area contributed by atoms with Crippen LogP contribution in [0.4, 0.5) is 9.59 Å². The van der Waals surface area contributed by atoms with Crippen molar-refractivity contribution in [1.29, 1.82) is 0 Å². The van der Waals surface area contributed by atoms with Crippen molar-refractivity contribution in [2.24, 2.45) is 5.92 Å². The monoisotopic (exact) mass is 838 g/mol. The van der Waals surface area contributed by atoms with E-state index in [2.05, 4.69) is 31.2 Å². The second-order valence-electron chi connectivity index (χ2n) is 16.6. The summed E-state index contributed by atoms with van der Waals surface area (Å²) in [4.78, 5) is 79.7. The molecule has 1 unspecified atom stereocenters. The minimum atomic E-state index is -0.690. The number of nitrogens with one attached hydrogen (secondary N) is 4. The molecule has 0 bridgehead atoms. The first kappa shape index (κ1) is 40.6. The van der Waals surface area contributed by atoms with Crippen LogP contribution in [0.5, 0.6) is 0 Å². The number of nitrogens with zero attached hydrogens (tertiary/aromatic N) is 6. The van der Waals surface area contributed by atoms with Gasteiger partial charge in [0.25, 0.3) is 0 Å². The summed E-state index contributed by atoms with van der Waals surface area (Å²) >= 11 is 0. The van der Waals surface area contributed by atoms with Crippen molar-refractivity contribution in [3.05, 3.63) is 96.2 Å². The number of amides is 3. The largest absolute Gasteiger partial charge is 0.453 e. The van der Waals surface area contributed by atoms with Crippen LogP contribution in [-0.4, -0.2) is 96.1 Å². The van der Waals surface area contributed by atoms with Crippen molar-refractivity contribution in [3.8, 4) is 33.8 Å². The van der Waals surface area contributed by atoms with E-state index in [1.807, 2.05) is 73.6 Å². The molecule has 2 aromatic carbocycles. The van der Waals surface area contributed by atoms with Crippen LogP contribution in [0.3, 0.4) is 0 Å². The molecule has 4 N–H and O–H groups in total. The SMILES string of the molecule is CC[C@H](C)[C@H](NC(=O)OC)C(=O)N1CCC[C@H]1c1ncc(-c2ccc3nc(-c4ccc(-c5cnc([C@H]6CC(=O)C7c8c(ccn8C6)CC[C@@H]7NC(=O)OC)[nH]5)cc4)cnc3c2)[nH]1. The molecule has 6 heterocycles. The third kappa shape index (κ3) is 7.69. The second kappa shape index (κ2) is 16.9. The van der Waals surface area contributed by atoms with Crippen LogP contribution in [0, 0.1) is 5.92 Å². The van der Waals surface area contributed by atoms with E-state index in [-0.39, 0.29) is 35.6 Å². The first-order valence-electron chi connectivity index (χ1n) is 21.3. The number of carbonyl (C=O) groups excluding carboxylic acids is 4. The van der Waals surface area contributed by atoms with E-state index in [1.54, 1.807) is 12.4 Å². The molecule has 320 valence electrons. The zero-order valence-corrected chi connectivity index (χ0v) is 35.2. The topological polar surface area (TPSA) is 202 Å². The van der Waals surface area contributed by atoms with Crippen LogP contribution in [0.2, 0.25) is 0 Å². The fourth-order valence-electron chi connectivity index (χ4n) is 9.39. The van der Waals surface area contributed by atoms with Crippen LogP contribution >= 0.6 is 0 Å². The molecule has 1 fully saturated rings. The number of alkyl carbamates (subject to hydrolysis) is 2. The van der Waals surface area contributed by atoms with Gasteiger partial charge in [0, 0.05) is 54.5 Å². The van der Waals surface area contributed by atoms with Gasteiger partial charge in [0.05, 0.1) is 72.9 Å². The number of imidazole rings is 2. The number of ether oxygens (including phenoxy) is 2. The van der Waals surface area contributed by atoms with Gasteiger partial charge in [-0.15, -0.1) is 0 Å². The maximum absolute atomic E-state index is 13.8. The van der Waals surface area contributed by atoms with E-state index in [0.717, 1.165) is 87.6 Å². The fraction of sp³-hybridized carbons (Fsp3) is 0.391. The number of methoxy groups -OCH3 is 2. The maximum Gasteiger partial charge on any atom is 0.407 e. The molecule has 0 spiro atoms. The summed E-state index contributed by atoms with van der Waals surface area (Å²) in [6, 6.07) is 14.8. The first-order chi connectivity index (χ1) is 30.1. The molecule has 0 radical (unpaired) electrons. The number of carbonyl (C=O) groups is 4. The van der Waals surface area contributed by atoms with Crippen molar-refractivity contribution in [3.63, 3.8) is 0 Å². The summed E-state index contributed by atoms with van der Waals surface area (Å²) in [5.74, 6) is 0.752. The number of ketones is 1. The summed E-state index contributed by atoms with van der Waals surface area (Å²) < 4.78 is 11.8. The highest BCUT2D eigenvalue weighted by Crippen LogP contribution is 2.40. The molecule has 6 atom stereocenters. The normalized spacial score (nSPS) is 20.6. The van der Waals surface area contributed by atoms with Crippen molar-refractivity contribution in [1.82, 2.24) is 50.0 Å². The van der Waals surface area contributed by atoms with Gasteiger partial charge in [0.15, 0.2) is 0 Å². The van der Waals surface area contributed by atoms with Gasteiger partial charge < -0.3 is 39.5 Å². The zero-order valence-electron chi connectivity index (χ0n) is 35.2. The molecule has 16 nitrogen and oxygen atoms in total. The molecule has 3 amide bonds. The summed E-state index contributed by atoms with van der Waals surface area (Å²) in [6.45, 7) is 5.13. The van der Waals surface area contributed by atoms with E-state index in [0.29, 0.717) is 31.8 Å². The lowest BCUT2D eigenvalue weighted by atomic mass is 9.79. The maximum atomic E-state index is 13.8. The highest BCUT2D eigenvalue weighted by molar-refractivity contribution is 5.89. The van der Waals surface area contributed by atoms with Gasteiger partial charge in [0.1, 0.15) is 23.5 Å². The smallest absolute Gasteiger partial charge is 0.407 e. The molecule has 1 saturated heterocycles. The number of Topliss-reactive ketones (excluding diaryl/α,β-unsaturated/α-hetero) is 1. The van der Waals surface area contributed by atoms with Crippen molar-refractivity contribution in [2.45, 2.75) is 88.9 Å². The predicted molar refractivity (Wildman–Crippen MR) is 230 cm³/mol. The third-order valence-corrected chi connectivity index (χ3v) is 12.9. The predicted octanol–water partition coefficient (Wildman–Crippen LogP) is 6.82. The van der Waals surface area contributed by atoms with E-state index < -0.39 is 24.1 Å². The molecular formula is C46H50N10O6. The lowest BCUT2D eigenvalue weighted by Crippen LogP contribution is -2.51. The summed E-state index contributed by atoms with van der Waals surface area (Å²) in [6.07, 6.45) is 10.4. The molecule has 2 aliphatic heterocycles. The third-order valence-electron chi connectivity index (χ3n) is 12.9. The number of aromatic nitrogens is 7. The number of rotatable bonds is 10. The van der Waals surface area contributed by atoms with E-state index >= 15 is 0 Å². The molecule has 3 aliphatic rings. The van der Waals surface area contributed by atoms with Crippen LogP contribution < -0.4 is 10.6 Å². The van der Waals surface area contributed by atoms with Crippen molar-refractivity contribution in [2.75, 3.05) is 20.8 Å². The fourth-order valence-corrected chi connectivity index (χ4v) is 9.39. The van der Waals surface area contributed by atoms with E-state index in [1.165, 1.54) is 14.2 Å². The number of likely N-dealkylation sites (tertiary alicyclic amines) is 1. The number of H-pyrrole nitrogens is 2. The summed E-state index contributed by atoms with van der Waals surface area (Å²) in [5.41, 5.74) is 8.77. The Morgan fingerprint density at radius 3 is 2.37 bits per heavy atom. The molecular weight excluding hydrogens is 789 g/mol. The van der Waals surface area contributed by atoms with Gasteiger partial charge in [0.2, 0.25) is 5.91 Å². The Balaban J connectivity index is 0.876. The van der Waals surface area contributed by atoms with Gasteiger partial charge in [-0.3, -0.25) is 14.6 Å². The Labute approximate surface area is 358 Å². The van der Waals surface area contributed by atoms with Crippen LogP contribution in [0.15, 0.2) is 73.3 Å². The lowest BCUT2D eigenvalue weighted by Gasteiger charge is -2.31. The Hall–Kier alpha value is -6.84. The second-order valence-corrected chi connectivity index (χ2v) is 16.6. The van der Waals surface area contributed by atoms with Gasteiger partial charge >= 0.3 is 12.2 Å². The Bertz CT molecular complexity index is 2650. The highest BCUT2D eigenvalue weighted by atomic mass is 16.5. The van der Waals surface area contributed by atoms with Gasteiger partial charge in [-0.05, 0) is 60.9 Å². The van der Waals surface area contributed by atoms with Crippen LogP contribution in [0.25, 0.3) is 44.8 Å². The van der Waals surface area contributed by atoms with E-state index in [9.17, 15) is 19.2 Å². The Morgan fingerprint density at radius 2 is 1.60 bits per heavy atom. The highest BCUT2D eigenvalue weighted by Gasteiger charge is 2.42. The lowest BCUT2D eigenvalue weighted by molar-refractivity contribution is -0.135. The van der Waals surface area contributed by atoms with Crippen molar-refractivity contribution < 1.29 is 28.7 Å². The molecule has 4 aromatic heterocycles. The summed E-state index contributed by atoms with van der Waals surface area (Å²) in [7, 11) is 2.63. The van der Waals surface area contributed by atoms with Crippen LogP contribution in [-0.2, 0) is 32.0 Å². The average molecular weight is 839 g/mol. The molecule has 0 saturated carbocycles.